The van der Waals surface area contributed by atoms with Crippen molar-refractivity contribution in [1.29, 1.82) is 0 Å². The fourth-order valence-electron chi connectivity index (χ4n) is 0. The Morgan fingerprint density at radius 1 is 0.333 bits per heavy atom. The Morgan fingerprint density at radius 3 is 0.333 bits per heavy atom. The Hall–Kier alpha value is 0.589. The van der Waals surface area contributed by atoms with E-state index >= 15 is 0 Å². The van der Waals surface area contributed by atoms with Gasteiger partial charge in [-0.2, -0.15) is 13.5 Å². The van der Waals surface area contributed by atoms with Gasteiger partial charge in [0.2, 0.25) is 0 Å². The average Bonchev–Trinajstić information content (AvgIpc) is 0. The van der Waals surface area contributed by atoms with Crippen LogP contribution in [0, 0.1) is 0 Å². The summed E-state index contributed by atoms with van der Waals surface area (Å²) in [5, 5.41) is 0. The van der Waals surface area contributed by atoms with E-state index in [0.29, 0.717) is 0 Å². The van der Waals surface area contributed by atoms with Gasteiger partial charge in [-0.3, -0.25) is 0 Å². The first-order valence-electron chi connectivity index (χ1n) is 0. The second-order valence-corrected chi connectivity index (χ2v) is 0. The molecular weight excluding hydrogens is 200 g/mol. The predicted octanol–water partition coefficient (Wildman–Crippen LogP) is -5.66. The zero-order chi connectivity index (χ0) is 0. The van der Waals surface area contributed by atoms with E-state index in [0.717, 1.165) is 0 Å². The molecule has 0 atom stereocenters. The Morgan fingerprint density at radius 2 is 0.333 bits per heavy atom. The molecule has 0 aliphatic heterocycles. The van der Waals surface area contributed by atoms with Crippen LogP contribution in [0.1, 0.15) is 0 Å². The normalized spacial score (nSPS) is 0. The summed E-state index contributed by atoms with van der Waals surface area (Å²) in [6.07, 6.45) is 0. The predicted molar refractivity (Wildman–Crippen MR) is 35.7 cm³/mol. The van der Waals surface area contributed by atoms with E-state index in [-0.39, 0.29) is 68.9 Å². The molecular formula is H16FeO7S. The Balaban J connectivity index is 0. The van der Waals surface area contributed by atoms with Gasteiger partial charge in [-0.05, 0) is 0 Å². The Kier molecular flexibility index (Phi) is 322000. The molecule has 0 radical (unpaired) electrons. The van der Waals surface area contributed by atoms with Gasteiger partial charge in [-0.15, -0.1) is 0 Å². The average molecular weight is 216 g/mol. The second-order valence-electron chi connectivity index (χ2n) is 0. The van der Waals surface area contributed by atoms with Crippen molar-refractivity contribution < 1.29 is 55.4 Å². The van der Waals surface area contributed by atoms with E-state index < -0.39 is 0 Å². The molecule has 7 nitrogen and oxygen atoms in total. The van der Waals surface area contributed by atoms with E-state index in [4.69, 9.17) is 0 Å². The largest absolute Gasteiger partial charge is 0.412 e. The van der Waals surface area contributed by atoms with Crippen LogP contribution in [0.2, 0.25) is 0 Å². The van der Waals surface area contributed by atoms with E-state index in [9.17, 15) is 0 Å². The van der Waals surface area contributed by atoms with E-state index in [1.807, 2.05) is 0 Å². The zero-order valence-electron chi connectivity index (χ0n) is 4.35. The molecule has 0 aliphatic rings. The summed E-state index contributed by atoms with van der Waals surface area (Å²) in [6.45, 7) is 0. The van der Waals surface area contributed by atoms with Crippen LogP contribution < -0.4 is 0 Å². The third kappa shape index (κ3) is 1070. The molecule has 9 heavy (non-hydrogen) atoms. The Bertz CT molecular complexity index is 8.88. The molecule has 0 aromatic rings. The van der Waals surface area contributed by atoms with Crippen LogP contribution in [0.5, 0.6) is 0 Å². The number of rotatable bonds is 0. The van der Waals surface area contributed by atoms with Gasteiger partial charge in [0, 0.05) is 17.1 Å². The second kappa shape index (κ2) is 1420. The fourth-order valence-corrected chi connectivity index (χ4v) is 0. The van der Waals surface area contributed by atoms with Gasteiger partial charge in [0.15, 0.2) is 0 Å². The fraction of sp³-hybridized carbons (Fsp3) is 0. The van der Waals surface area contributed by atoms with Crippen molar-refractivity contribution in [3.63, 3.8) is 0 Å². The summed E-state index contributed by atoms with van der Waals surface area (Å²) in [6, 6.07) is 0. The number of hydrogen-bond acceptors (Lipinski definition) is 0. The van der Waals surface area contributed by atoms with Crippen molar-refractivity contribution in [3.8, 4) is 0 Å². The molecule has 0 spiro atoms. The standard InChI is InChI=1S/Fe.7H2O.H2S/h;8*1H2. The van der Waals surface area contributed by atoms with E-state index in [2.05, 4.69) is 0 Å². The molecule has 0 bridgehead atoms. The summed E-state index contributed by atoms with van der Waals surface area (Å²) in [7, 11) is 0. The minimum Gasteiger partial charge on any atom is -0.412 e. The maximum Gasteiger partial charge on any atom is 0 e. The molecule has 14 N–H and O–H groups in total. The topological polar surface area (TPSA) is 220 Å². The molecule has 0 heterocycles. The van der Waals surface area contributed by atoms with Gasteiger partial charge < -0.3 is 38.3 Å². The zero-order valence-corrected chi connectivity index (χ0v) is 6.46. The van der Waals surface area contributed by atoms with Crippen LogP contribution in [-0.4, -0.2) is 38.3 Å². The quantitative estimate of drug-likeness (QED) is 0.345. The molecule has 0 saturated heterocycles. The molecule has 0 aromatic heterocycles. The van der Waals surface area contributed by atoms with Gasteiger partial charge >= 0.3 is 0 Å². The molecule has 0 saturated carbocycles. The van der Waals surface area contributed by atoms with Crippen LogP contribution in [0.3, 0.4) is 0 Å². The first-order valence-corrected chi connectivity index (χ1v) is 0. The third-order valence-electron chi connectivity index (χ3n) is 0. The van der Waals surface area contributed by atoms with Crippen LogP contribution in [0.15, 0.2) is 0 Å². The van der Waals surface area contributed by atoms with Crippen LogP contribution in [0.4, 0.5) is 0 Å². The van der Waals surface area contributed by atoms with Gasteiger partial charge in [-0.1, -0.05) is 0 Å². The first-order chi connectivity index (χ1) is 0. The van der Waals surface area contributed by atoms with Gasteiger partial charge in [0.25, 0.3) is 0 Å². The SMILES string of the molecule is O.O.O.O.O.O.O.S.[Fe]. The summed E-state index contributed by atoms with van der Waals surface area (Å²) < 4.78 is 0. The van der Waals surface area contributed by atoms with Crippen molar-refractivity contribution in [2.24, 2.45) is 0 Å². The maximum atomic E-state index is 0. The van der Waals surface area contributed by atoms with Gasteiger partial charge in [0.05, 0.1) is 0 Å². The third-order valence-corrected chi connectivity index (χ3v) is 0. The van der Waals surface area contributed by atoms with Gasteiger partial charge in [-0.25, -0.2) is 0 Å². The van der Waals surface area contributed by atoms with E-state index in [1.54, 1.807) is 0 Å². The van der Waals surface area contributed by atoms with Crippen molar-refractivity contribution in [2.45, 2.75) is 0 Å². The molecule has 72 valence electrons. The monoisotopic (exact) mass is 216 g/mol. The molecule has 0 fully saturated rings. The van der Waals surface area contributed by atoms with Crippen molar-refractivity contribution in [3.05, 3.63) is 0 Å². The summed E-state index contributed by atoms with van der Waals surface area (Å²) in [5.41, 5.74) is 0. The minimum absolute atomic E-state index is 0. The summed E-state index contributed by atoms with van der Waals surface area (Å²) >= 11 is 0. The summed E-state index contributed by atoms with van der Waals surface area (Å²) in [5.74, 6) is 0. The molecule has 0 unspecified atom stereocenters. The van der Waals surface area contributed by atoms with Crippen LogP contribution in [0.25, 0.3) is 0 Å². The van der Waals surface area contributed by atoms with Crippen molar-refractivity contribution in [2.75, 3.05) is 0 Å². The molecule has 0 rings (SSSR count). The first kappa shape index (κ1) is 2040. The van der Waals surface area contributed by atoms with Crippen molar-refractivity contribution >= 4 is 13.5 Å². The Labute approximate surface area is 69.5 Å². The molecule has 9 heteroatoms. The maximum absolute atomic E-state index is 0. The molecule has 0 amide bonds. The molecule has 0 aliphatic carbocycles. The molecule has 0 aromatic carbocycles. The smallest absolute Gasteiger partial charge is 0 e. The summed E-state index contributed by atoms with van der Waals surface area (Å²) in [4.78, 5) is 0. The van der Waals surface area contributed by atoms with Gasteiger partial charge in [0.1, 0.15) is 0 Å². The van der Waals surface area contributed by atoms with Crippen LogP contribution >= 0.6 is 13.5 Å². The number of hydrogen-bond donors (Lipinski definition) is 0. The van der Waals surface area contributed by atoms with E-state index in [1.165, 1.54) is 0 Å². The van der Waals surface area contributed by atoms with Crippen molar-refractivity contribution in [1.82, 2.24) is 0 Å². The minimum atomic E-state index is 0. The van der Waals surface area contributed by atoms with Crippen LogP contribution in [-0.2, 0) is 17.1 Å².